The number of halogens is 2. The standard InChI is InChI=1S/C9H7Br2NO4/c1-2-16-9(13)8-6(10)3-5(12(14)15)4-7(8)11/h3-4H,2H2,1H3. The van der Waals surface area contributed by atoms with Gasteiger partial charge < -0.3 is 4.74 Å². The Morgan fingerprint density at radius 3 is 2.31 bits per heavy atom. The number of carbonyl (C=O) groups is 1. The van der Waals surface area contributed by atoms with Gasteiger partial charge in [0.2, 0.25) is 0 Å². The highest BCUT2D eigenvalue weighted by molar-refractivity contribution is 9.11. The fourth-order valence-corrected chi connectivity index (χ4v) is 2.55. The normalized spacial score (nSPS) is 9.94. The molecule has 0 saturated carbocycles. The molecular formula is C9H7Br2NO4. The van der Waals surface area contributed by atoms with Crippen LogP contribution in [0.3, 0.4) is 0 Å². The number of rotatable bonds is 3. The van der Waals surface area contributed by atoms with Crippen molar-refractivity contribution in [2.24, 2.45) is 0 Å². The number of hydrogen-bond acceptors (Lipinski definition) is 4. The summed E-state index contributed by atoms with van der Waals surface area (Å²) in [6.45, 7) is 1.93. The van der Waals surface area contributed by atoms with Crippen molar-refractivity contribution in [1.29, 1.82) is 0 Å². The first-order chi connectivity index (χ1) is 7.47. The van der Waals surface area contributed by atoms with E-state index in [-0.39, 0.29) is 17.9 Å². The summed E-state index contributed by atoms with van der Waals surface area (Å²) in [5, 5.41) is 10.6. The number of nitrogens with zero attached hydrogens (tertiary/aromatic N) is 1. The van der Waals surface area contributed by atoms with Gasteiger partial charge in [-0.2, -0.15) is 0 Å². The minimum absolute atomic E-state index is 0.105. The van der Waals surface area contributed by atoms with Gasteiger partial charge in [-0.3, -0.25) is 10.1 Å². The van der Waals surface area contributed by atoms with Gasteiger partial charge in [0.15, 0.2) is 0 Å². The summed E-state index contributed by atoms with van der Waals surface area (Å²) in [5.74, 6) is -0.531. The van der Waals surface area contributed by atoms with Crippen LogP contribution in [0.5, 0.6) is 0 Å². The topological polar surface area (TPSA) is 69.4 Å². The van der Waals surface area contributed by atoms with E-state index in [1.807, 2.05) is 0 Å². The maximum Gasteiger partial charge on any atom is 0.340 e. The van der Waals surface area contributed by atoms with Crippen molar-refractivity contribution in [2.45, 2.75) is 6.92 Å². The average Bonchev–Trinajstić information content (AvgIpc) is 2.16. The second-order valence-electron chi connectivity index (χ2n) is 2.76. The molecular weight excluding hydrogens is 346 g/mol. The minimum Gasteiger partial charge on any atom is -0.462 e. The highest BCUT2D eigenvalue weighted by Gasteiger charge is 2.19. The Morgan fingerprint density at radius 2 is 1.94 bits per heavy atom. The van der Waals surface area contributed by atoms with Gasteiger partial charge in [-0.05, 0) is 38.8 Å². The Kier molecular flexibility index (Phi) is 4.43. The summed E-state index contributed by atoms with van der Waals surface area (Å²) in [4.78, 5) is 21.5. The largest absolute Gasteiger partial charge is 0.462 e. The minimum atomic E-state index is -0.537. The lowest BCUT2D eigenvalue weighted by molar-refractivity contribution is -0.385. The van der Waals surface area contributed by atoms with Gasteiger partial charge in [0, 0.05) is 21.1 Å². The molecule has 0 N–H and O–H groups in total. The molecule has 16 heavy (non-hydrogen) atoms. The molecule has 0 fully saturated rings. The van der Waals surface area contributed by atoms with Crippen molar-refractivity contribution in [3.63, 3.8) is 0 Å². The van der Waals surface area contributed by atoms with E-state index in [4.69, 9.17) is 4.74 Å². The molecule has 0 unspecified atom stereocenters. The number of ether oxygens (including phenoxy) is 1. The monoisotopic (exact) mass is 351 g/mol. The molecule has 0 radical (unpaired) electrons. The highest BCUT2D eigenvalue weighted by Crippen LogP contribution is 2.31. The van der Waals surface area contributed by atoms with E-state index in [0.717, 1.165) is 0 Å². The van der Waals surface area contributed by atoms with Gasteiger partial charge in [0.25, 0.3) is 5.69 Å². The first-order valence-electron chi connectivity index (χ1n) is 4.28. The lowest BCUT2D eigenvalue weighted by atomic mass is 10.2. The lowest BCUT2D eigenvalue weighted by Gasteiger charge is -2.06. The van der Waals surface area contributed by atoms with E-state index in [2.05, 4.69) is 31.9 Å². The van der Waals surface area contributed by atoms with E-state index in [1.54, 1.807) is 6.92 Å². The zero-order valence-electron chi connectivity index (χ0n) is 8.20. The van der Waals surface area contributed by atoms with Crippen LogP contribution in [-0.2, 0) is 4.74 Å². The molecule has 0 spiro atoms. The Bertz CT molecular complexity index is 424. The number of nitro benzene ring substituents is 1. The van der Waals surface area contributed by atoms with Crippen LogP contribution in [0, 0.1) is 10.1 Å². The van der Waals surface area contributed by atoms with Crippen molar-refractivity contribution >= 4 is 43.5 Å². The zero-order valence-corrected chi connectivity index (χ0v) is 11.4. The SMILES string of the molecule is CCOC(=O)c1c(Br)cc([N+](=O)[O-])cc1Br. The Morgan fingerprint density at radius 1 is 1.44 bits per heavy atom. The molecule has 7 heteroatoms. The van der Waals surface area contributed by atoms with Gasteiger partial charge in [0.1, 0.15) is 0 Å². The van der Waals surface area contributed by atoms with Gasteiger partial charge in [-0.15, -0.1) is 0 Å². The van der Waals surface area contributed by atoms with E-state index >= 15 is 0 Å². The van der Waals surface area contributed by atoms with Crippen molar-refractivity contribution in [2.75, 3.05) is 6.61 Å². The smallest absolute Gasteiger partial charge is 0.340 e. The van der Waals surface area contributed by atoms with Gasteiger partial charge in [0.05, 0.1) is 17.1 Å². The van der Waals surface area contributed by atoms with Crippen LogP contribution in [0.25, 0.3) is 0 Å². The highest BCUT2D eigenvalue weighted by atomic mass is 79.9. The molecule has 0 amide bonds. The predicted octanol–water partition coefficient (Wildman–Crippen LogP) is 3.30. The summed E-state index contributed by atoms with van der Waals surface area (Å²) in [5.41, 5.74) is 0.138. The molecule has 0 aliphatic heterocycles. The second kappa shape index (κ2) is 5.40. The Balaban J connectivity index is 3.22. The number of benzene rings is 1. The summed E-state index contributed by atoms with van der Waals surface area (Å²) in [7, 11) is 0. The van der Waals surface area contributed by atoms with Crippen LogP contribution in [0.4, 0.5) is 5.69 Å². The van der Waals surface area contributed by atoms with E-state index in [0.29, 0.717) is 8.95 Å². The van der Waals surface area contributed by atoms with Crippen LogP contribution in [0.2, 0.25) is 0 Å². The summed E-state index contributed by atoms with van der Waals surface area (Å²) >= 11 is 6.20. The Labute approximate surface area is 108 Å². The van der Waals surface area contributed by atoms with Gasteiger partial charge >= 0.3 is 5.97 Å². The van der Waals surface area contributed by atoms with Crippen LogP contribution in [0.15, 0.2) is 21.1 Å². The molecule has 0 bridgehead atoms. The number of hydrogen-bond donors (Lipinski definition) is 0. The maximum atomic E-state index is 11.5. The molecule has 86 valence electrons. The molecule has 0 heterocycles. The van der Waals surface area contributed by atoms with Crippen molar-refractivity contribution in [3.05, 3.63) is 36.8 Å². The average molecular weight is 353 g/mol. The molecule has 0 aliphatic rings. The third-order valence-electron chi connectivity index (χ3n) is 1.72. The van der Waals surface area contributed by atoms with Crippen molar-refractivity contribution in [3.8, 4) is 0 Å². The third-order valence-corrected chi connectivity index (χ3v) is 2.97. The summed E-state index contributed by atoms with van der Waals surface area (Å²) < 4.78 is 5.47. The fraction of sp³-hybridized carbons (Fsp3) is 0.222. The number of non-ortho nitro benzene ring substituents is 1. The molecule has 0 aliphatic carbocycles. The number of esters is 1. The molecule has 0 atom stereocenters. The quantitative estimate of drug-likeness (QED) is 0.475. The number of carbonyl (C=O) groups excluding carboxylic acids is 1. The predicted molar refractivity (Wildman–Crippen MR) is 64.5 cm³/mol. The lowest BCUT2D eigenvalue weighted by Crippen LogP contribution is -2.07. The molecule has 0 aromatic heterocycles. The van der Waals surface area contributed by atoms with Gasteiger partial charge in [-0.25, -0.2) is 4.79 Å². The first kappa shape index (κ1) is 13.1. The summed E-state index contributed by atoms with van der Waals surface area (Å²) in [6.07, 6.45) is 0. The van der Waals surface area contributed by atoms with Crippen molar-refractivity contribution in [1.82, 2.24) is 0 Å². The van der Waals surface area contributed by atoms with Crippen LogP contribution >= 0.6 is 31.9 Å². The second-order valence-corrected chi connectivity index (χ2v) is 4.47. The van der Waals surface area contributed by atoms with E-state index in [1.165, 1.54) is 12.1 Å². The fourth-order valence-electron chi connectivity index (χ4n) is 1.06. The molecule has 1 rings (SSSR count). The molecule has 1 aromatic rings. The van der Waals surface area contributed by atoms with Crippen LogP contribution in [0.1, 0.15) is 17.3 Å². The van der Waals surface area contributed by atoms with Gasteiger partial charge in [-0.1, -0.05) is 0 Å². The summed E-state index contributed by atoms with van der Waals surface area (Å²) in [6, 6.07) is 2.52. The first-order valence-corrected chi connectivity index (χ1v) is 5.86. The molecule has 5 nitrogen and oxygen atoms in total. The van der Waals surface area contributed by atoms with Crippen LogP contribution < -0.4 is 0 Å². The third kappa shape index (κ3) is 2.79. The number of nitro groups is 1. The molecule has 1 aromatic carbocycles. The van der Waals surface area contributed by atoms with E-state index in [9.17, 15) is 14.9 Å². The van der Waals surface area contributed by atoms with E-state index < -0.39 is 10.9 Å². The Hall–Kier alpha value is -0.950. The zero-order chi connectivity index (χ0) is 12.3. The maximum absolute atomic E-state index is 11.5. The van der Waals surface area contributed by atoms with Crippen LogP contribution in [-0.4, -0.2) is 17.5 Å². The molecule has 0 saturated heterocycles. The van der Waals surface area contributed by atoms with Crippen molar-refractivity contribution < 1.29 is 14.5 Å².